The summed E-state index contributed by atoms with van der Waals surface area (Å²) in [5, 5.41) is 23.7. The first-order chi connectivity index (χ1) is 14.9. The minimum atomic E-state index is -0.745. The summed E-state index contributed by atoms with van der Waals surface area (Å²) in [6.45, 7) is 1.60. The van der Waals surface area contributed by atoms with Crippen LogP contribution >= 0.6 is 11.8 Å². The van der Waals surface area contributed by atoms with Crippen molar-refractivity contribution in [2.45, 2.75) is 13.3 Å². The molecular formula is C23H19N2NaO4S. The number of amidine groups is 1. The van der Waals surface area contributed by atoms with Gasteiger partial charge in [0.25, 0.3) is 0 Å². The van der Waals surface area contributed by atoms with E-state index in [4.69, 9.17) is 5.11 Å². The van der Waals surface area contributed by atoms with Crippen LogP contribution in [0.4, 0.5) is 5.69 Å². The molecule has 8 heteroatoms. The van der Waals surface area contributed by atoms with Gasteiger partial charge in [-0.15, -0.1) is 0 Å². The fourth-order valence-corrected chi connectivity index (χ4v) is 3.91. The minimum absolute atomic E-state index is 0.174. The number of carboxylic acid groups (broad SMARTS) is 1. The SMILES string of the molecule is CCC(=O)O.O=C1N=C(Nc2cc[c]([Na])cc2)SC1=Cc1ccc2ccccc2c1O. The number of fused-ring (bicyclic) bond motifs is 1. The van der Waals surface area contributed by atoms with Crippen LogP contribution in [0.15, 0.2) is 70.6 Å². The molecule has 0 radical (unpaired) electrons. The van der Waals surface area contributed by atoms with E-state index in [9.17, 15) is 14.7 Å². The second-order valence-electron chi connectivity index (χ2n) is 6.80. The van der Waals surface area contributed by atoms with Crippen molar-refractivity contribution in [1.29, 1.82) is 0 Å². The van der Waals surface area contributed by atoms with E-state index in [1.54, 1.807) is 13.0 Å². The third kappa shape index (κ3) is 6.21. The summed E-state index contributed by atoms with van der Waals surface area (Å²) in [6.07, 6.45) is 1.91. The molecule has 4 rings (SSSR count). The molecule has 0 aliphatic carbocycles. The zero-order chi connectivity index (χ0) is 22.4. The first-order valence-electron chi connectivity index (χ1n) is 9.66. The van der Waals surface area contributed by atoms with E-state index in [0.717, 1.165) is 44.4 Å². The number of anilines is 1. The summed E-state index contributed by atoms with van der Waals surface area (Å²) in [4.78, 5) is 26.1. The van der Waals surface area contributed by atoms with Crippen molar-refractivity contribution in [3.05, 3.63) is 71.1 Å². The fourth-order valence-electron chi connectivity index (χ4n) is 2.75. The number of nitrogens with one attached hydrogen (secondary N) is 1. The number of carbonyl (C=O) groups is 2. The molecular weight excluding hydrogens is 423 g/mol. The Morgan fingerprint density at radius 1 is 1.13 bits per heavy atom. The Morgan fingerprint density at radius 3 is 2.48 bits per heavy atom. The molecule has 0 spiro atoms. The number of nitrogens with zero attached hydrogens (tertiary/aromatic N) is 1. The standard InChI is InChI=1S/C20H13N2O2S.C3H6O2.Na/c23-18-14(11-10-13-6-4-5-9-16(13)18)12-17-19(24)22-20(25-17)21-15-7-2-1-3-8-15;1-2-3(4)5;/h2-12,23H,(H,21,22,24);2H2,1H3,(H,4,5);. The molecule has 1 aliphatic heterocycles. The molecule has 31 heavy (non-hydrogen) atoms. The molecule has 0 saturated carbocycles. The summed E-state index contributed by atoms with van der Waals surface area (Å²) >= 11 is 2.28. The van der Waals surface area contributed by atoms with Gasteiger partial charge in [0, 0.05) is 6.42 Å². The van der Waals surface area contributed by atoms with Crippen LogP contribution in [-0.2, 0) is 9.59 Å². The first-order valence-corrected chi connectivity index (χ1v) is 11.5. The predicted molar refractivity (Wildman–Crippen MR) is 127 cm³/mol. The number of carboxylic acids is 1. The molecule has 1 amide bonds. The summed E-state index contributed by atoms with van der Waals surface area (Å²) in [7, 11) is 0. The third-order valence-corrected chi connectivity index (χ3v) is 6.01. The predicted octanol–water partition coefficient (Wildman–Crippen LogP) is 3.90. The van der Waals surface area contributed by atoms with Gasteiger partial charge in [0.15, 0.2) is 0 Å². The van der Waals surface area contributed by atoms with Crippen molar-refractivity contribution in [2.24, 2.45) is 4.99 Å². The van der Waals surface area contributed by atoms with Crippen LogP contribution < -0.4 is 8.13 Å². The van der Waals surface area contributed by atoms with Crippen molar-refractivity contribution >= 4 is 82.1 Å². The number of benzene rings is 3. The second kappa shape index (κ2) is 10.6. The van der Waals surface area contributed by atoms with E-state index in [2.05, 4.69) is 22.4 Å². The number of aliphatic carboxylic acids is 1. The van der Waals surface area contributed by atoms with Gasteiger partial charge >= 0.3 is 150 Å². The quantitative estimate of drug-likeness (QED) is 0.420. The maximum atomic E-state index is 12.2. The van der Waals surface area contributed by atoms with Crippen molar-refractivity contribution < 1.29 is 19.8 Å². The molecule has 152 valence electrons. The molecule has 3 aromatic rings. The van der Waals surface area contributed by atoms with E-state index >= 15 is 0 Å². The Bertz CT molecular complexity index is 1190. The van der Waals surface area contributed by atoms with Gasteiger partial charge in [-0.05, 0) is 5.39 Å². The number of amides is 1. The zero-order valence-corrected chi connectivity index (χ0v) is 19.9. The van der Waals surface area contributed by atoms with E-state index < -0.39 is 5.97 Å². The number of aliphatic imine (C=N–C) groups is 1. The number of phenolic OH excluding ortho intramolecular Hbond substituents is 1. The Hall–Kier alpha value is -2.58. The summed E-state index contributed by atoms with van der Waals surface area (Å²) in [5.74, 6) is -0.873. The van der Waals surface area contributed by atoms with Gasteiger partial charge in [-0.2, -0.15) is 0 Å². The third-order valence-electron chi connectivity index (χ3n) is 4.44. The average molecular weight is 442 g/mol. The van der Waals surface area contributed by atoms with Gasteiger partial charge in [-0.1, -0.05) is 31.2 Å². The molecule has 0 fully saturated rings. The molecule has 0 saturated heterocycles. The maximum absolute atomic E-state index is 12.2. The van der Waals surface area contributed by atoms with Crippen LogP contribution in [0.5, 0.6) is 5.75 Å². The number of aromatic hydroxyl groups is 1. The number of thioether (sulfide) groups is 1. The summed E-state index contributed by atoms with van der Waals surface area (Å²) in [5.41, 5.74) is 1.51. The molecule has 1 aliphatic rings. The molecule has 0 atom stereocenters. The van der Waals surface area contributed by atoms with Gasteiger partial charge < -0.3 is 5.11 Å². The van der Waals surface area contributed by atoms with Crippen LogP contribution in [0.3, 0.4) is 0 Å². The van der Waals surface area contributed by atoms with Crippen molar-refractivity contribution in [2.75, 3.05) is 5.32 Å². The fraction of sp³-hybridized carbons (Fsp3) is 0.0870. The number of rotatable bonds is 3. The van der Waals surface area contributed by atoms with Gasteiger partial charge in [0.1, 0.15) is 0 Å². The molecule has 3 aromatic carbocycles. The normalized spacial score (nSPS) is 14.2. The Morgan fingerprint density at radius 2 is 1.81 bits per heavy atom. The van der Waals surface area contributed by atoms with Gasteiger partial charge in [0.05, 0.1) is 0 Å². The topological polar surface area (TPSA) is 99.0 Å². The van der Waals surface area contributed by atoms with E-state index in [0.29, 0.717) is 15.6 Å². The molecule has 0 unspecified atom stereocenters. The number of carbonyl (C=O) groups excluding carboxylic acids is 1. The molecule has 0 bridgehead atoms. The number of hydrogen-bond acceptors (Lipinski definition) is 5. The van der Waals surface area contributed by atoms with Crippen molar-refractivity contribution in [3.8, 4) is 5.75 Å². The first kappa shape index (κ1) is 23.1. The Kier molecular flexibility index (Phi) is 7.92. The summed E-state index contributed by atoms with van der Waals surface area (Å²) < 4.78 is 1.31. The van der Waals surface area contributed by atoms with Crippen LogP contribution in [0, 0.1) is 0 Å². The average Bonchev–Trinajstić information content (AvgIpc) is 3.11. The zero-order valence-electron chi connectivity index (χ0n) is 17.1. The molecule has 1 heterocycles. The molecule has 0 aromatic heterocycles. The molecule has 6 nitrogen and oxygen atoms in total. The van der Waals surface area contributed by atoms with Crippen LogP contribution in [0.25, 0.3) is 16.8 Å². The van der Waals surface area contributed by atoms with E-state index in [-0.39, 0.29) is 18.1 Å². The Balaban J connectivity index is 0.000000491. The Labute approximate surface area is 201 Å². The monoisotopic (exact) mass is 442 g/mol. The van der Waals surface area contributed by atoms with Crippen molar-refractivity contribution in [1.82, 2.24) is 0 Å². The van der Waals surface area contributed by atoms with Crippen LogP contribution in [0.1, 0.15) is 18.9 Å². The number of hydrogen-bond donors (Lipinski definition) is 3. The molecule has 3 N–H and O–H groups in total. The van der Waals surface area contributed by atoms with Gasteiger partial charge in [-0.25, -0.2) is 0 Å². The van der Waals surface area contributed by atoms with E-state index in [1.165, 1.54) is 14.6 Å². The summed E-state index contributed by atoms with van der Waals surface area (Å²) in [6, 6.07) is 19.4. The second-order valence-corrected chi connectivity index (χ2v) is 8.98. The van der Waals surface area contributed by atoms with Crippen LogP contribution in [-0.4, -0.2) is 55.2 Å². The number of phenols is 1. The van der Waals surface area contributed by atoms with Crippen molar-refractivity contribution in [3.63, 3.8) is 0 Å². The van der Waals surface area contributed by atoms with E-state index in [1.807, 2.05) is 48.5 Å². The van der Waals surface area contributed by atoms with Crippen LogP contribution in [0.2, 0.25) is 0 Å². The van der Waals surface area contributed by atoms with Gasteiger partial charge in [-0.3, -0.25) is 4.79 Å². The van der Waals surface area contributed by atoms with Gasteiger partial charge in [0.2, 0.25) is 0 Å².